The summed E-state index contributed by atoms with van der Waals surface area (Å²) < 4.78 is 32.4. The van der Waals surface area contributed by atoms with Gasteiger partial charge in [0.1, 0.15) is 0 Å². The summed E-state index contributed by atoms with van der Waals surface area (Å²) in [5.74, 6) is -1.39. The van der Waals surface area contributed by atoms with Gasteiger partial charge in [-0.15, -0.1) is 0 Å². The van der Waals surface area contributed by atoms with Gasteiger partial charge in [0.05, 0.1) is 27.0 Å². The topological polar surface area (TPSA) is 111 Å². The molecule has 1 heterocycles. The van der Waals surface area contributed by atoms with Gasteiger partial charge < -0.3 is 10.1 Å². The molecule has 2 aromatic carbocycles. The van der Waals surface area contributed by atoms with Gasteiger partial charge in [-0.05, 0) is 50.3 Å². The Morgan fingerprint density at radius 2 is 1.83 bits per heavy atom. The highest BCUT2D eigenvalue weighted by atomic mass is 35.5. The molecule has 0 fully saturated rings. The lowest BCUT2D eigenvalue weighted by molar-refractivity contribution is -0.142. The van der Waals surface area contributed by atoms with Crippen LogP contribution in [-0.2, 0) is 24.3 Å². The highest BCUT2D eigenvalue weighted by Gasteiger charge is 2.19. The zero-order chi connectivity index (χ0) is 25.8. The van der Waals surface area contributed by atoms with Crippen molar-refractivity contribution in [1.82, 2.24) is 14.1 Å². The van der Waals surface area contributed by atoms with Crippen LogP contribution in [-0.4, -0.2) is 55.1 Å². The van der Waals surface area contributed by atoms with E-state index in [1.54, 1.807) is 10.8 Å². The number of amides is 1. The summed E-state index contributed by atoms with van der Waals surface area (Å²) >= 11 is 6.08. The fraction of sp³-hybridized carbons (Fsp3) is 0.208. The molecule has 1 N–H and O–H groups in total. The molecule has 1 aromatic heterocycles. The molecule has 35 heavy (non-hydrogen) atoms. The van der Waals surface area contributed by atoms with E-state index < -0.39 is 28.5 Å². The van der Waals surface area contributed by atoms with Crippen LogP contribution in [0.4, 0.5) is 5.69 Å². The third kappa shape index (κ3) is 6.16. The highest BCUT2D eigenvalue weighted by molar-refractivity contribution is 7.89. The third-order valence-electron chi connectivity index (χ3n) is 5.07. The largest absolute Gasteiger partial charge is 0.452 e. The van der Waals surface area contributed by atoms with Gasteiger partial charge in [-0.2, -0.15) is 5.10 Å². The van der Waals surface area contributed by atoms with Crippen molar-refractivity contribution in [2.45, 2.75) is 18.7 Å². The Morgan fingerprint density at radius 3 is 2.49 bits per heavy atom. The average molecular weight is 517 g/mol. The van der Waals surface area contributed by atoms with E-state index in [4.69, 9.17) is 16.3 Å². The van der Waals surface area contributed by atoms with Crippen LogP contribution in [0.5, 0.6) is 0 Å². The Labute approximate surface area is 209 Å². The first-order valence-electron chi connectivity index (χ1n) is 10.5. The number of hydrogen-bond donors (Lipinski definition) is 1. The Kier molecular flexibility index (Phi) is 8.11. The predicted molar refractivity (Wildman–Crippen MR) is 134 cm³/mol. The van der Waals surface area contributed by atoms with Crippen molar-refractivity contribution in [2.75, 3.05) is 26.0 Å². The first kappa shape index (κ1) is 26.1. The van der Waals surface area contributed by atoms with Crippen LogP contribution in [0.25, 0.3) is 11.8 Å². The molecule has 0 aliphatic rings. The standard InChI is InChI=1S/C24H25ClN4O5S/c1-16-20(17(2)29(27-16)18-8-6-5-7-9-18)11-13-24(31)34-15-23(30)26-22-14-19(10-12-21(22)25)35(32,33)28(3)4/h5-14H,15H2,1-4H3,(H,26,30). The molecule has 0 unspecified atom stereocenters. The van der Waals surface area contributed by atoms with Gasteiger partial charge >= 0.3 is 5.97 Å². The number of carbonyl (C=O) groups excluding carboxylic acids is 2. The normalized spacial score (nSPS) is 11.7. The molecule has 0 saturated heterocycles. The molecular formula is C24H25ClN4O5S. The maximum Gasteiger partial charge on any atom is 0.331 e. The number of nitrogens with zero attached hydrogens (tertiary/aromatic N) is 3. The smallest absolute Gasteiger partial charge is 0.331 e. The van der Waals surface area contributed by atoms with E-state index in [-0.39, 0.29) is 15.6 Å². The molecule has 3 aromatic rings. The number of aryl methyl sites for hydroxylation is 1. The second-order valence-electron chi connectivity index (χ2n) is 7.75. The number of nitrogens with one attached hydrogen (secondary N) is 1. The number of sulfonamides is 1. The zero-order valence-electron chi connectivity index (χ0n) is 19.6. The van der Waals surface area contributed by atoms with E-state index in [1.807, 2.05) is 44.2 Å². The van der Waals surface area contributed by atoms with Crippen molar-refractivity contribution < 1.29 is 22.7 Å². The predicted octanol–water partition coefficient (Wildman–Crippen LogP) is 3.59. The number of rotatable bonds is 8. The Balaban J connectivity index is 1.63. The fourth-order valence-corrected chi connectivity index (χ4v) is 4.30. The lowest BCUT2D eigenvalue weighted by atomic mass is 10.2. The van der Waals surface area contributed by atoms with Gasteiger partial charge in [0.2, 0.25) is 10.0 Å². The van der Waals surface area contributed by atoms with Crippen LogP contribution in [0, 0.1) is 13.8 Å². The van der Waals surface area contributed by atoms with E-state index in [0.29, 0.717) is 0 Å². The molecule has 0 bridgehead atoms. The first-order valence-corrected chi connectivity index (χ1v) is 12.3. The number of benzene rings is 2. The highest BCUT2D eigenvalue weighted by Crippen LogP contribution is 2.26. The molecule has 0 spiro atoms. The summed E-state index contributed by atoms with van der Waals surface area (Å²) in [6.45, 7) is 3.14. The van der Waals surface area contributed by atoms with E-state index in [9.17, 15) is 18.0 Å². The number of halogens is 1. The maximum absolute atomic E-state index is 12.3. The van der Waals surface area contributed by atoms with Crippen LogP contribution >= 0.6 is 11.6 Å². The zero-order valence-corrected chi connectivity index (χ0v) is 21.2. The molecule has 3 rings (SSSR count). The van der Waals surface area contributed by atoms with Crippen LogP contribution in [0.3, 0.4) is 0 Å². The molecule has 11 heteroatoms. The van der Waals surface area contributed by atoms with Gasteiger partial charge in [-0.25, -0.2) is 22.2 Å². The number of para-hydroxylation sites is 1. The minimum Gasteiger partial charge on any atom is -0.452 e. The van der Waals surface area contributed by atoms with Crippen molar-refractivity contribution in [3.05, 3.63) is 76.6 Å². The molecule has 0 aliphatic carbocycles. The van der Waals surface area contributed by atoms with Crippen molar-refractivity contribution in [3.8, 4) is 5.69 Å². The van der Waals surface area contributed by atoms with Crippen molar-refractivity contribution in [1.29, 1.82) is 0 Å². The number of esters is 1. The minimum absolute atomic E-state index is 0.0380. The lowest BCUT2D eigenvalue weighted by Gasteiger charge is -2.13. The van der Waals surface area contributed by atoms with Crippen molar-refractivity contribution >= 4 is 45.3 Å². The maximum atomic E-state index is 12.3. The van der Waals surface area contributed by atoms with E-state index in [1.165, 1.54) is 38.4 Å². The fourth-order valence-electron chi connectivity index (χ4n) is 3.21. The van der Waals surface area contributed by atoms with Crippen molar-refractivity contribution in [3.63, 3.8) is 0 Å². The monoisotopic (exact) mass is 516 g/mol. The summed E-state index contributed by atoms with van der Waals surface area (Å²) in [5.41, 5.74) is 3.33. The van der Waals surface area contributed by atoms with E-state index in [0.717, 1.165) is 26.9 Å². The summed E-state index contributed by atoms with van der Waals surface area (Å²) in [7, 11) is -0.925. The number of aromatic nitrogens is 2. The second-order valence-corrected chi connectivity index (χ2v) is 10.3. The molecule has 0 aliphatic heterocycles. The van der Waals surface area contributed by atoms with Crippen LogP contribution < -0.4 is 5.32 Å². The lowest BCUT2D eigenvalue weighted by Crippen LogP contribution is -2.23. The second kappa shape index (κ2) is 10.9. The molecule has 1 amide bonds. The van der Waals surface area contributed by atoms with Gasteiger partial charge in [-0.1, -0.05) is 29.8 Å². The van der Waals surface area contributed by atoms with Crippen LogP contribution in [0.15, 0.2) is 59.5 Å². The Morgan fingerprint density at radius 1 is 1.14 bits per heavy atom. The molecule has 0 atom stereocenters. The number of hydrogen-bond acceptors (Lipinski definition) is 6. The Bertz CT molecular complexity index is 1380. The average Bonchev–Trinajstić information content (AvgIpc) is 3.11. The van der Waals surface area contributed by atoms with Gasteiger partial charge in [0.15, 0.2) is 6.61 Å². The van der Waals surface area contributed by atoms with Gasteiger partial charge in [-0.3, -0.25) is 4.79 Å². The minimum atomic E-state index is -3.71. The summed E-state index contributed by atoms with van der Waals surface area (Å²) in [5, 5.41) is 7.12. The Hall–Kier alpha value is -3.47. The SMILES string of the molecule is Cc1nn(-c2ccccc2)c(C)c1C=CC(=O)OCC(=O)Nc1cc(S(=O)(=O)N(C)C)ccc1Cl. The van der Waals surface area contributed by atoms with Crippen LogP contribution in [0.2, 0.25) is 5.02 Å². The number of anilines is 1. The molecule has 0 radical (unpaired) electrons. The molecule has 9 nitrogen and oxygen atoms in total. The quantitative estimate of drug-likeness (QED) is 0.362. The first-order chi connectivity index (χ1) is 16.5. The number of ether oxygens (including phenoxy) is 1. The molecular weight excluding hydrogens is 492 g/mol. The summed E-state index contributed by atoms with van der Waals surface area (Å²) in [4.78, 5) is 24.4. The molecule has 184 valence electrons. The van der Waals surface area contributed by atoms with Gasteiger partial charge in [0.25, 0.3) is 5.91 Å². The van der Waals surface area contributed by atoms with E-state index >= 15 is 0 Å². The number of carbonyl (C=O) groups is 2. The summed E-state index contributed by atoms with van der Waals surface area (Å²) in [6.07, 6.45) is 2.81. The third-order valence-corrected chi connectivity index (χ3v) is 7.21. The molecule has 0 saturated carbocycles. The van der Waals surface area contributed by atoms with Crippen molar-refractivity contribution in [2.24, 2.45) is 0 Å². The van der Waals surface area contributed by atoms with Gasteiger partial charge in [0, 0.05) is 31.4 Å². The summed E-state index contributed by atoms with van der Waals surface area (Å²) in [6, 6.07) is 13.5. The van der Waals surface area contributed by atoms with Crippen LogP contribution in [0.1, 0.15) is 17.0 Å². The van der Waals surface area contributed by atoms with E-state index in [2.05, 4.69) is 10.4 Å².